The molecule has 0 bridgehead atoms. The molecule has 2 amide bonds. The molecule has 0 saturated carbocycles. The van der Waals surface area contributed by atoms with Gasteiger partial charge in [-0.15, -0.1) is 0 Å². The van der Waals surface area contributed by atoms with Crippen molar-refractivity contribution in [2.45, 2.75) is 45.8 Å². The molecule has 0 radical (unpaired) electrons. The van der Waals surface area contributed by atoms with E-state index < -0.39 is 29.4 Å². The molecule has 8 nitrogen and oxygen atoms in total. The van der Waals surface area contributed by atoms with Gasteiger partial charge in [-0.25, -0.2) is 4.79 Å². The van der Waals surface area contributed by atoms with Gasteiger partial charge in [-0.05, 0) is 42.8 Å². The Bertz CT molecular complexity index is 1150. The van der Waals surface area contributed by atoms with Gasteiger partial charge in [-0.2, -0.15) is 0 Å². The number of aliphatic carboxylic acids is 1. The molecule has 4 N–H and O–H groups in total. The Hall–Kier alpha value is -3.07. The highest BCUT2D eigenvalue weighted by Crippen LogP contribution is 2.31. The fraction of sp³-hybridized carbons (Fsp3) is 0.320. The summed E-state index contributed by atoms with van der Waals surface area (Å²) in [5.74, 6) is -2.22. The number of carbonyl (C=O) groups excluding carboxylic acids is 2. The van der Waals surface area contributed by atoms with Crippen molar-refractivity contribution in [3.05, 3.63) is 75.4 Å². The highest BCUT2D eigenvalue weighted by molar-refractivity contribution is 6.40. The molecule has 1 aliphatic heterocycles. The van der Waals surface area contributed by atoms with Gasteiger partial charge in [-0.3, -0.25) is 19.9 Å². The number of hydrogen-bond donors (Lipinski definition) is 4. The average molecular weight is 520 g/mol. The van der Waals surface area contributed by atoms with Gasteiger partial charge in [-0.1, -0.05) is 62.2 Å². The van der Waals surface area contributed by atoms with Crippen LogP contribution in [0.25, 0.3) is 0 Å². The molecule has 35 heavy (non-hydrogen) atoms. The van der Waals surface area contributed by atoms with Crippen LogP contribution in [0.3, 0.4) is 0 Å². The molecule has 0 fully saturated rings. The van der Waals surface area contributed by atoms with E-state index in [4.69, 9.17) is 28.0 Å². The number of allylic oxidation sites excluding steroid dienone is 1. The summed E-state index contributed by atoms with van der Waals surface area (Å²) in [5, 5.41) is 15.4. The van der Waals surface area contributed by atoms with Gasteiger partial charge < -0.3 is 15.7 Å². The lowest BCUT2D eigenvalue weighted by Gasteiger charge is -2.23. The second-order valence-electron chi connectivity index (χ2n) is 9.44. The molecule has 2 atom stereocenters. The number of rotatable bonds is 7. The fourth-order valence-electron chi connectivity index (χ4n) is 3.35. The minimum Gasteiger partial charge on any atom is -0.480 e. The monoisotopic (exact) mass is 519 g/mol. The zero-order chi connectivity index (χ0) is 26.0. The van der Waals surface area contributed by atoms with Crippen molar-refractivity contribution in [2.75, 3.05) is 5.32 Å². The quantitative estimate of drug-likeness (QED) is 0.425. The summed E-state index contributed by atoms with van der Waals surface area (Å²) in [7, 11) is 0. The lowest BCUT2D eigenvalue weighted by atomic mass is 9.89. The standard InChI is InChI=1S/C25H27Cl2N3O5/c1-24(2,3)19-13-25(4,35-30-19)23(34)29-18(22(32)33)12-14-8-10-15(11-9-14)28-21(31)20-16(26)6-5-7-17(20)27/h5-11,13,18,30H,12H2,1-4H3,(H,28,31)(H,29,34)(H,32,33)/t18?,25-/m0/s1. The largest absolute Gasteiger partial charge is 0.480 e. The van der Waals surface area contributed by atoms with E-state index in [9.17, 15) is 19.5 Å². The van der Waals surface area contributed by atoms with Crippen molar-refractivity contribution in [2.24, 2.45) is 5.41 Å². The van der Waals surface area contributed by atoms with E-state index in [1.165, 1.54) is 0 Å². The third-order valence-electron chi connectivity index (χ3n) is 5.50. The number of carboxylic acids is 1. The molecule has 0 spiro atoms. The number of carboxylic acid groups (broad SMARTS) is 1. The van der Waals surface area contributed by atoms with E-state index in [2.05, 4.69) is 16.1 Å². The van der Waals surface area contributed by atoms with Gasteiger partial charge in [0, 0.05) is 23.2 Å². The summed E-state index contributed by atoms with van der Waals surface area (Å²) in [5.41, 5.74) is 3.17. The van der Waals surface area contributed by atoms with Crippen LogP contribution in [0, 0.1) is 5.41 Å². The van der Waals surface area contributed by atoms with E-state index in [0.717, 1.165) is 5.70 Å². The summed E-state index contributed by atoms with van der Waals surface area (Å²) in [6.07, 6.45) is 1.69. The van der Waals surface area contributed by atoms with E-state index in [1.54, 1.807) is 55.5 Å². The Morgan fingerprint density at radius 1 is 1.09 bits per heavy atom. The van der Waals surface area contributed by atoms with Crippen molar-refractivity contribution in [1.82, 2.24) is 10.8 Å². The van der Waals surface area contributed by atoms with Crippen LogP contribution in [-0.2, 0) is 20.8 Å². The second-order valence-corrected chi connectivity index (χ2v) is 10.2. The topological polar surface area (TPSA) is 117 Å². The Balaban J connectivity index is 1.67. The number of amides is 2. The van der Waals surface area contributed by atoms with Crippen LogP contribution in [0.4, 0.5) is 5.69 Å². The fourth-order valence-corrected chi connectivity index (χ4v) is 3.92. The van der Waals surface area contributed by atoms with Gasteiger partial charge in [0.2, 0.25) is 0 Å². The van der Waals surface area contributed by atoms with Gasteiger partial charge in [0.05, 0.1) is 15.6 Å². The minimum atomic E-state index is -1.34. The van der Waals surface area contributed by atoms with Gasteiger partial charge >= 0.3 is 5.97 Å². The van der Waals surface area contributed by atoms with Crippen molar-refractivity contribution in [1.29, 1.82) is 0 Å². The Morgan fingerprint density at radius 3 is 2.20 bits per heavy atom. The van der Waals surface area contributed by atoms with Crippen LogP contribution in [0.1, 0.15) is 43.6 Å². The molecule has 10 heteroatoms. The highest BCUT2D eigenvalue weighted by Gasteiger charge is 2.41. The first kappa shape index (κ1) is 26.5. The van der Waals surface area contributed by atoms with Crippen LogP contribution >= 0.6 is 23.2 Å². The summed E-state index contributed by atoms with van der Waals surface area (Å²) >= 11 is 12.2. The van der Waals surface area contributed by atoms with Crippen LogP contribution < -0.4 is 16.1 Å². The summed E-state index contributed by atoms with van der Waals surface area (Å²) < 4.78 is 0. The van der Waals surface area contributed by atoms with Crippen molar-refractivity contribution in [3.63, 3.8) is 0 Å². The third kappa shape index (κ3) is 6.33. The number of carbonyl (C=O) groups is 3. The normalized spacial score (nSPS) is 18.3. The first-order valence-corrected chi connectivity index (χ1v) is 11.6. The van der Waals surface area contributed by atoms with Crippen LogP contribution in [0.5, 0.6) is 0 Å². The maximum Gasteiger partial charge on any atom is 0.326 e. The Kier molecular flexibility index (Phi) is 7.79. The zero-order valence-corrected chi connectivity index (χ0v) is 21.3. The molecule has 0 aromatic heterocycles. The van der Waals surface area contributed by atoms with Crippen LogP contribution in [-0.4, -0.2) is 34.5 Å². The number of nitrogens with one attached hydrogen (secondary N) is 3. The van der Waals surface area contributed by atoms with E-state index in [-0.39, 0.29) is 27.4 Å². The molecule has 1 heterocycles. The molecular weight excluding hydrogens is 493 g/mol. The average Bonchev–Trinajstić information content (AvgIpc) is 3.18. The highest BCUT2D eigenvalue weighted by atomic mass is 35.5. The zero-order valence-electron chi connectivity index (χ0n) is 19.7. The molecular formula is C25H27Cl2N3O5. The number of hydroxylamine groups is 1. The van der Waals surface area contributed by atoms with Gasteiger partial charge in [0.1, 0.15) is 6.04 Å². The van der Waals surface area contributed by atoms with Crippen molar-refractivity contribution in [3.8, 4) is 0 Å². The maximum absolute atomic E-state index is 12.9. The molecule has 0 aliphatic carbocycles. The van der Waals surface area contributed by atoms with E-state index in [0.29, 0.717) is 11.3 Å². The second kappa shape index (κ2) is 10.3. The lowest BCUT2D eigenvalue weighted by molar-refractivity contribution is -0.148. The SMILES string of the molecule is CC(C)(C)C1=C[C@@](C)(C(=O)NC(Cc2ccc(NC(=O)c3c(Cl)cccc3Cl)cc2)C(=O)O)ON1. The predicted molar refractivity (Wildman–Crippen MR) is 134 cm³/mol. The molecule has 2 aromatic rings. The number of benzene rings is 2. The van der Waals surface area contributed by atoms with Gasteiger partial charge in [0.25, 0.3) is 11.8 Å². The lowest BCUT2D eigenvalue weighted by Crippen LogP contribution is -2.51. The molecule has 3 rings (SSSR count). The molecule has 1 aliphatic rings. The maximum atomic E-state index is 12.9. The van der Waals surface area contributed by atoms with Gasteiger partial charge in [0.15, 0.2) is 5.60 Å². The predicted octanol–water partition coefficient (Wildman–Crippen LogP) is 4.58. The molecule has 2 aromatic carbocycles. The minimum absolute atomic E-state index is 0.0327. The Labute approximate surface area is 213 Å². The third-order valence-corrected chi connectivity index (χ3v) is 6.13. The van der Waals surface area contributed by atoms with Crippen LogP contribution in [0.15, 0.2) is 54.2 Å². The van der Waals surface area contributed by atoms with Crippen molar-refractivity contribution >= 4 is 46.7 Å². The first-order chi connectivity index (χ1) is 16.3. The molecule has 0 saturated heterocycles. The number of halogens is 2. The molecule has 1 unspecified atom stereocenters. The number of hydrogen-bond acceptors (Lipinski definition) is 5. The van der Waals surface area contributed by atoms with Crippen molar-refractivity contribution < 1.29 is 24.3 Å². The van der Waals surface area contributed by atoms with E-state index >= 15 is 0 Å². The first-order valence-electron chi connectivity index (χ1n) is 10.9. The smallest absolute Gasteiger partial charge is 0.326 e. The summed E-state index contributed by atoms with van der Waals surface area (Å²) in [6.45, 7) is 7.46. The summed E-state index contributed by atoms with van der Waals surface area (Å²) in [6, 6.07) is 10.2. The molecule has 186 valence electrons. The summed E-state index contributed by atoms with van der Waals surface area (Å²) in [4.78, 5) is 42.7. The van der Waals surface area contributed by atoms with Crippen LogP contribution in [0.2, 0.25) is 10.0 Å². The van der Waals surface area contributed by atoms with E-state index in [1.807, 2.05) is 20.8 Å². The number of anilines is 1. The Morgan fingerprint density at radius 2 is 1.69 bits per heavy atom.